The first-order valence-electron chi connectivity index (χ1n) is 11.8. The van der Waals surface area contributed by atoms with Gasteiger partial charge in [0.05, 0.1) is 12.0 Å². The number of ether oxygens (including phenoxy) is 1. The molecular formula is C25H31N3O5S. The number of carbonyl (C=O) groups is 2. The summed E-state index contributed by atoms with van der Waals surface area (Å²) in [5.41, 5.74) is 1.94. The number of methoxy groups -OCH3 is 1. The van der Waals surface area contributed by atoms with Crippen LogP contribution in [0.3, 0.4) is 0 Å². The lowest BCUT2D eigenvalue weighted by molar-refractivity contribution is -0.121. The van der Waals surface area contributed by atoms with E-state index in [0.717, 1.165) is 31.2 Å². The lowest BCUT2D eigenvalue weighted by atomic mass is 10.1. The van der Waals surface area contributed by atoms with Crippen molar-refractivity contribution in [2.45, 2.75) is 49.8 Å². The van der Waals surface area contributed by atoms with Gasteiger partial charge in [-0.05, 0) is 61.6 Å². The second-order valence-electron chi connectivity index (χ2n) is 8.72. The molecule has 2 aliphatic rings. The highest BCUT2D eigenvalue weighted by Gasteiger charge is 2.29. The fraction of sp³-hybridized carbons (Fsp3) is 0.440. The standard InChI is InChI=1S/C25H31N3O5S/c1-33-21-10-7-9-20(17-21)26-24(29)18-28-23-13-12-22(16-19(23)8-6-11-25(28)30)34(31,32)27-14-4-2-3-5-15-27/h7,9-10,12-13,16-17H,2-6,8,11,14-15,18H2,1H3,(H,26,29). The molecule has 2 aliphatic heterocycles. The zero-order valence-corrected chi connectivity index (χ0v) is 20.3. The molecule has 2 aromatic carbocycles. The first kappa shape index (κ1) is 24.2. The molecule has 182 valence electrons. The topological polar surface area (TPSA) is 96.0 Å². The molecule has 1 fully saturated rings. The van der Waals surface area contributed by atoms with Crippen LogP contribution in [0.15, 0.2) is 47.4 Å². The Morgan fingerprint density at radius 2 is 1.76 bits per heavy atom. The number of aryl methyl sites for hydroxylation is 1. The normalized spacial score (nSPS) is 17.4. The zero-order valence-electron chi connectivity index (χ0n) is 19.5. The highest BCUT2D eigenvalue weighted by atomic mass is 32.2. The van der Waals surface area contributed by atoms with Crippen molar-refractivity contribution in [2.24, 2.45) is 0 Å². The number of benzene rings is 2. The predicted molar refractivity (Wildman–Crippen MR) is 131 cm³/mol. The number of hydrogen-bond donors (Lipinski definition) is 1. The third-order valence-corrected chi connectivity index (χ3v) is 8.23. The molecule has 0 aliphatic carbocycles. The van der Waals surface area contributed by atoms with Crippen molar-refractivity contribution in [1.82, 2.24) is 4.31 Å². The van der Waals surface area contributed by atoms with Crippen LogP contribution < -0.4 is 15.0 Å². The molecule has 0 spiro atoms. The van der Waals surface area contributed by atoms with Crippen LogP contribution in [-0.4, -0.2) is 51.3 Å². The minimum absolute atomic E-state index is 0.150. The Morgan fingerprint density at radius 1 is 1.00 bits per heavy atom. The van der Waals surface area contributed by atoms with Crippen LogP contribution in [0.4, 0.5) is 11.4 Å². The minimum atomic E-state index is -3.59. The summed E-state index contributed by atoms with van der Waals surface area (Å²) in [5.74, 6) is 0.130. The van der Waals surface area contributed by atoms with E-state index in [9.17, 15) is 18.0 Å². The molecule has 2 aromatic rings. The van der Waals surface area contributed by atoms with Gasteiger partial charge in [-0.3, -0.25) is 9.59 Å². The summed E-state index contributed by atoms with van der Waals surface area (Å²) in [6.07, 6.45) is 5.32. The van der Waals surface area contributed by atoms with Gasteiger partial charge in [0.2, 0.25) is 21.8 Å². The predicted octanol–water partition coefficient (Wildman–Crippen LogP) is 3.57. The molecule has 0 atom stereocenters. The SMILES string of the molecule is COc1cccc(NC(=O)CN2C(=O)CCCc3cc(S(=O)(=O)N4CCCCCC4)ccc32)c1. The van der Waals surface area contributed by atoms with Crippen LogP contribution in [0, 0.1) is 0 Å². The van der Waals surface area contributed by atoms with E-state index in [0.29, 0.717) is 49.5 Å². The van der Waals surface area contributed by atoms with Crippen molar-refractivity contribution in [3.05, 3.63) is 48.0 Å². The lowest BCUT2D eigenvalue weighted by Gasteiger charge is -2.24. The molecule has 1 saturated heterocycles. The Kier molecular flexibility index (Phi) is 7.53. The molecule has 0 aromatic heterocycles. The number of hydrogen-bond acceptors (Lipinski definition) is 5. The highest BCUT2D eigenvalue weighted by Crippen LogP contribution is 2.31. The zero-order chi connectivity index (χ0) is 24.1. The van der Waals surface area contributed by atoms with Crippen molar-refractivity contribution >= 4 is 33.2 Å². The van der Waals surface area contributed by atoms with Gasteiger partial charge in [0.15, 0.2) is 0 Å². The molecule has 0 unspecified atom stereocenters. The Bertz CT molecular complexity index is 1160. The largest absolute Gasteiger partial charge is 0.497 e. The molecule has 4 rings (SSSR count). The molecule has 34 heavy (non-hydrogen) atoms. The highest BCUT2D eigenvalue weighted by molar-refractivity contribution is 7.89. The maximum absolute atomic E-state index is 13.3. The van der Waals surface area contributed by atoms with Crippen molar-refractivity contribution in [3.8, 4) is 5.75 Å². The quantitative estimate of drug-likeness (QED) is 0.675. The van der Waals surface area contributed by atoms with Gasteiger partial charge in [0, 0.05) is 37.0 Å². The van der Waals surface area contributed by atoms with Gasteiger partial charge in [-0.25, -0.2) is 8.42 Å². The van der Waals surface area contributed by atoms with Crippen LogP contribution in [0.25, 0.3) is 0 Å². The Labute approximate surface area is 200 Å². The molecular weight excluding hydrogens is 454 g/mol. The van der Waals surface area contributed by atoms with E-state index < -0.39 is 10.0 Å². The van der Waals surface area contributed by atoms with Crippen LogP contribution in [-0.2, 0) is 26.0 Å². The minimum Gasteiger partial charge on any atom is -0.497 e. The smallest absolute Gasteiger partial charge is 0.244 e. The number of sulfonamides is 1. The van der Waals surface area contributed by atoms with Crippen molar-refractivity contribution in [2.75, 3.05) is 37.0 Å². The summed E-state index contributed by atoms with van der Waals surface area (Å²) in [6, 6.07) is 11.9. The second kappa shape index (κ2) is 10.6. The van der Waals surface area contributed by atoms with E-state index in [4.69, 9.17) is 4.74 Å². The first-order valence-corrected chi connectivity index (χ1v) is 13.2. The maximum Gasteiger partial charge on any atom is 0.244 e. The van der Waals surface area contributed by atoms with Gasteiger partial charge in [-0.15, -0.1) is 0 Å². The number of nitrogens with one attached hydrogen (secondary N) is 1. The van der Waals surface area contributed by atoms with Crippen LogP contribution in [0.1, 0.15) is 44.1 Å². The average molecular weight is 486 g/mol. The summed E-state index contributed by atoms with van der Waals surface area (Å²) in [5, 5.41) is 2.80. The van der Waals surface area contributed by atoms with Crippen molar-refractivity contribution in [3.63, 3.8) is 0 Å². The summed E-state index contributed by atoms with van der Waals surface area (Å²) >= 11 is 0. The van der Waals surface area contributed by atoms with E-state index in [1.807, 2.05) is 0 Å². The third-order valence-electron chi connectivity index (χ3n) is 6.34. The fourth-order valence-electron chi connectivity index (χ4n) is 4.53. The Hall–Kier alpha value is -2.91. The average Bonchev–Trinajstić information content (AvgIpc) is 3.19. The fourth-order valence-corrected chi connectivity index (χ4v) is 6.10. The molecule has 0 saturated carbocycles. The third kappa shape index (κ3) is 5.42. The molecule has 0 radical (unpaired) electrons. The molecule has 2 heterocycles. The molecule has 8 nitrogen and oxygen atoms in total. The number of amides is 2. The summed E-state index contributed by atoms with van der Waals surface area (Å²) in [6.45, 7) is 0.921. The number of carbonyl (C=O) groups excluding carboxylic acids is 2. The van der Waals surface area contributed by atoms with Crippen LogP contribution in [0.2, 0.25) is 0 Å². The molecule has 0 bridgehead atoms. The van der Waals surface area contributed by atoms with Crippen LogP contribution in [0.5, 0.6) is 5.75 Å². The lowest BCUT2D eigenvalue weighted by Crippen LogP contribution is -2.38. The van der Waals surface area contributed by atoms with E-state index in [1.165, 1.54) is 4.90 Å². The molecule has 2 amide bonds. The van der Waals surface area contributed by atoms with Crippen molar-refractivity contribution in [1.29, 1.82) is 0 Å². The van der Waals surface area contributed by atoms with Gasteiger partial charge in [0.1, 0.15) is 12.3 Å². The van der Waals surface area contributed by atoms with Crippen LogP contribution >= 0.6 is 0 Å². The van der Waals surface area contributed by atoms with Gasteiger partial charge in [-0.1, -0.05) is 18.9 Å². The van der Waals surface area contributed by atoms with Gasteiger partial charge < -0.3 is 15.0 Å². The van der Waals surface area contributed by atoms with Gasteiger partial charge in [-0.2, -0.15) is 4.31 Å². The maximum atomic E-state index is 13.3. The summed E-state index contributed by atoms with van der Waals surface area (Å²) in [4.78, 5) is 27.3. The van der Waals surface area contributed by atoms with Gasteiger partial charge >= 0.3 is 0 Å². The number of anilines is 2. The monoisotopic (exact) mass is 485 g/mol. The number of rotatable bonds is 6. The van der Waals surface area contributed by atoms with Gasteiger partial charge in [0.25, 0.3) is 0 Å². The van der Waals surface area contributed by atoms with E-state index in [-0.39, 0.29) is 23.3 Å². The molecule has 1 N–H and O–H groups in total. The Morgan fingerprint density at radius 3 is 2.50 bits per heavy atom. The number of fused-ring (bicyclic) bond motifs is 1. The first-order chi connectivity index (χ1) is 16.4. The molecule has 9 heteroatoms. The second-order valence-corrected chi connectivity index (χ2v) is 10.7. The van der Waals surface area contributed by atoms with Crippen molar-refractivity contribution < 1.29 is 22.7 Å². The number of nitrogens with zero attached hydrogens (tertiary/aromatic N) is 2. The van der Waals surface area contributed by atoms with E-state index >= 15 is 0 Å². The Balaban J connectivity index is 1.56. The summed E-state index contributed by atoms with van der Waals surface area (Å²) < 4.78 is 33.3. The van der Waals surface area contributed by atoms with E-state index in [2.05, 4.69) is 5.32 Å². The van der Waals surface area contributed by atoms with E-state index in [1.54, 1.807) is 53.9 Å². The summed E-state index contributed by atoms with van der Waals surface area (Å²) in [7, 11) is -2.04.